The first-order chi connectivity index (χ1) is 12.9. The van der Waals surface area contributed by atoms with Crippen LogP contribution in [0.1, 0.15) is 27.8 Å². The van der Waals surface area contributed by atoms with Gasteiger partial charge in [0.05, 0.1) is 10.5 Å². The molecule has 0 spiro atoms. The number of para-hydroxylation sites is 1. The second-order valence-electron chi connectivity index (χ2n) is 5.40. The van der Waals surface area contributed by atoms with Crippen LogP contribution in [-0.4, -0.2) is 21.6 Å². The smallest absolute Gasteiger partial charge is 0.270 e. The monoisotopic (exact) mass is 383 g/mol. The molecule has 0 saturated heterocycles. The molecule has 3 aromatic rings. The predicted octanol–water partition coefficient (Wildman–Crippen LogP) is 4.30. The standard InChI is InChI=1S/C18H13N3O5S/c1-11(22)15-10-27-18(19-15)20-17(23)14-9-12(21(24)25)7-8-16(14)26-13-5-3-2-4-6-13/h2-10H,1H3,(H,19,20,23). The summed E-state index contributed by atoms with van der Waals surface area (Å²) in [6.45, 7) is 1.37. The van der Waals surface area contributed by atoms with E-state index >= 15 is 0 Å². The number of amides is 1. The Morgan fingerprint density at radius 2 is 1.93 bits per heavy atom. The number of hydrogen-bond acceptors (Lipinski definition) is 7. The van der Waals surface area contributed by atoms with Gasteiger partial charge in [-0.2, -0.15) is 0 Å². The third kappa shape index (κ3) is 4.33. The number of rotatable bonds is 6. The summed E-state index contributed by atoms with van der Waals surface area (Å²) < 4.78 is 5.69. The van der Waals surface area contributed by atoms with Gasteiger partial charge < -0.3 is 4.74 Å². The van der Waals surface area contributed by atoms with E-state index in [0.717, 1.165) is 17.4 Å². The molecule has 8 nitrogen and oxygen atoms in total. The Balaban J connectivity index is 1.92. The minimum Gasteiger partial charge on any atom is -0.457 e. The fraction of sp³-hybridized carbons (Fsp3) is 0.0556. The SMILES string of the molecule is CC(=O)c1csc(NC(=O)c2cc([N+](=O)[O-])ccc2Oc2ccccc2)n1. The van der Waals surface area contributed by atoms with E-state index in [2.05, 4.69) is 10.3 Å². The molecular weight excluding hydrogens is 370 g/mol. The van der Waals surface area contributed by atoms with E-state index in [4.69, 9.17) is 4.74 Å². The van der Waals surface area contributed by atoms with E-state index in [1.165, 1.54) is 24.4 Å². The summed E-state index contributed by atoms with van der Waals surface area (Å²) in [5.74, 6) is -0.217. The van der Waals surface area contributed by atoms with Gasteiger partial charge in [0.2, 0.25) is 0 Å². The molecule has 0 aliphatic carbocycles. The van der Waals surface area contributed by atoms with Crippen molar-refractivity contribution in [3.63, 3.8) is 0 Å². The summed E-state index contributed by atoms with van der Waals surface area (Å²) >= 11 is 1.08. The normalized spacial score (nSPS) is 10.3. The van der Waals surface area contributed by atoms with Crippen molar-refractivity contribution in [2.45, 2.75) is 6.92 Å². The molecule has 1 amide bonds. The Morgan fingerprint density at radius 3 is 2.56 bits per heavy atom. The minimum atomic E-state index is -0.630. The van der Waals surface area contributed by atoms with E-state index in [-0.39, 0.29) is 33.6 Å². The molecular formula is C18H13N3O5S. The highest BCUT2D eigenvalue weighted by Gasteiger charge is 2.20. The number of ketones is 1. The van der Waals surface area contributed by atoms with Gasteiger partial charge in [-0.25, -0.2) is 4.98 Å². The molecule has 0 unspecified atom stereocenters. The summed E-state index contributed by atoms with van der Waals surface area (Å²) in [7, 11) is 0. The van der Waals surface area contributed by atoms with Crippen molar-refractivity contribution in [3.05, 3.63) is 75.3 Å². The Labute approximate surface area is 157 Å². The second-order valence-corrected chi connectivity index (χ2v) is 6.26. The van der Waals surface area contributed by atoms with Crippen LogP contribution in [0.5, 0.6) is 11.5 Å². The number of nitrogens with one attached hydrogen (secondary N) is 1. The number of anilines is 1. The van der Waals surface area contributed by atoms with E-state index in [9.17, 15) is 19.7 Å². The molecule has 0 fully saturated rings. The number of non-ortho nitro benzene ring substituents is 1. The highest BCUT2D eigenvalue weighted by atomic mass is 32.1. The van der Waals surface area contributed by atoms with Crippen LogP contribution in [0, 0.1) is 10.1 Å². The maximum atomic E-state index is 12.6. The molecule has 1 N–H and O–H groups in total. The molecule has 0 aliphatic heterocycles. The zero-order valence-corrected chi connectivity index (χ0v) is 14.9. The van der Waals surface area contributed by atoms with Crippen LogP contribution in [0.3, 0.4) is 0 Å². The van der Waals surface area contributed by atoms with Crippen LogP contribution >= 0.6 is 11.3 Å². The maximum absolute atomic E-state index is 12.6. The van der Waals surface area contributed by atoms with Crippen molar-refractivity contribution < 1.29 is 19.2 Å². The summed E-state index contributed by atoms with van der Waals surface area (Å²) in [4.78, 5) is 38.5. The number of benzene rings is 2. The van der Waals surface area contributed by atoms with Gasteiger partial charge in [-0.05, 0) is 18.2 Å². The van der Waals surface area contributed by atoms with Crippen molar-refractivity contribution in [1.82, 2.24) is 4.98 Å². The van der Waals surface area contributed by atoms with Crippen molar-refractivity contribution in [2.24, 2.45) is 0 Å². The van der Waals surface area contributed by atoms with E-state index in [0.29, 0.717) is 5.75 Å². The van der Waals surface area contributed by atoms with Crippen LogP contribution in [0.4, 0.5) is 10.8 Å². The Bertz CT molecular complexity index is 1020. The van der Waals surface area contributed by atoms with E-state index < -0.39 is 10.8 Å². The molecule has 0 aliphatic rings. The van der Waals surface area contributed by atoms with Gasteiger partial charge in [0.1, 0.15) is 17.2 Å². The van der Waals surface area contributed by atoms with Crippen LogP contribution < -0.4 is 10.1 Å². The molecule has 0 radical (unpaired) electrons. The number of aromatic nitrogens is 1. The molecule has 0 bridgehead atoms. The number of carbonyl (C=O) groups excluding carboxylic acids is 2. The van der Waals surface area contributed by atoms with Crippen molar-refractivity contribution in [3.8, 4) is 11.5 Å². The highest BCUT2D eigenvalue weighted by Crippen LogP contribution is 2.29. The molecule has 2 aromatic carbocycles. The number of ether oxygens (including phenoxy) is 1. The number of hydrogen-bond donors (Lipinski definition) is 1. The van der Waals surface area contributed by atoms with Gasteiger partial charge in [-0.3, -0.25) is 25.0 Å². The largest absolute Gasteiger partial charge is 0.457 e. The van der Waals surface area contributed by atoms with E-state index in [1.54, 1.807) is 24.3 Å². The van der Waals surface area contributed by atoms with Crippen molar-refractivity contribution in [1.29, 1.82) is 0 Å². The van der Waals surface area contributed by atoms with Crippen LogP contribution in [0.15, 0.2) is 53.9 Å². The summed E-state index contributed by atoms with van der Waals surface area (Å²) in [5.41, 5.74) is -0.0353. The zero-order chi connectivity index (χ0) is 19.4. The molecule has 0 atom stereocenters. The van der Waals surface area contributed by atoms with Crippen molar-refractivity contribution in [2.75, 3.05) is 5.32 Å². The average molecular weight is 383 g/mol. The molecule has 0 saturated carbocycles. The summed E-state index contributed by atoms with van der Waals surface area (Å²) in [6.07, 6.45) is 0. The maximum Gasteiger partial charge on any atom is 0.270 e. The first kappa shape index (κ1) is 18.2. The molecule has 27 heavy (non-hydrogen) atoms. The lowest BCUT2D eigenvalue weighted by Gasteiger charge is -2.10. The topological polar surface area (TPSA) is 111 Å². The number of carbonyl (C=O) groups is 2. The molecule has 1 aromatic heterocycles. The van der Waals surface area contributed by atoms with Gasteiger partial charge in [0, 0.05) is 24.4 Å². The minimum absolute atomic E-state index is 0.0207. The second kappa shape index (κ2) is 7.75. The third-order valence-corrected chi connectivity index (χ3v) is 4.23. The zero-order valence-electron chi connectivity index (χ0n) is 14.0. The lowest BCUT2D eigenvalue weighted by molar-refractivity contribution is -0.384. The molecule has 9 heteroatoms. The Morgan fingerprint density at radius 1 is 1.19 bits per heavy atom. The van der Waals surface area contributed by atoms with E-state index in [1.807, 2.05) is 6.07 Å². The van der Waals surface area contributed by atoms with Gasteiger partial charge in [-0.1, -0.05) is 18.2 Å². The first-order valence-electron chi connectivity index (χ1n) is 7.73. The molecule has 3 rings (SSSR count). The number of nitrogens with zero attached hydrogens (tertiary/aromatic N) is 2. The Hall–Kier alpha value is -3.59. The first-order valence-corrected chi connectivity index (χ1v) is 8.61. The lowest BCUT2D eigenvalue weighted by Crippen LogP contribution is -2.13. The number of nitro benzene ring substituents is 1. The third-order valence-electron chi connectivity index (χ3n) is 3.47. The highest BCUT2D eigenvalue weighted by molar-refractivity contribution is 7.14. The molecule has 1 heterocycles. The van der Waals surface area contributed by atoms with Gasteiger partial charge in [-0.15, -0.1) is 11.3 Å². The summed E-state index contributed by atoms with van der Waals surface area (Å²) in [6, 6.07) is 12.5. The molecule has 136 valence electrons. The quantitative estimate of drug-likeness (QED) is 0.386. The number of thiazole rings is 1. The average Bonchev–Trinajstić information content (AvgIpc) is 3.11. The van der Waals surface area contributed by atoms with Crippen LogP contribution in [0.25, 0.3) is 0 Å². The van der Waals surface area contributed by atoms with Crippen LogP contribution in [-0.2, 0) is 0 Å². The fourth-order valence-corrected chi connectivity index (χ4v) is 2.92. The fourth-order valence-electron chi connectivity index (χ4n) is 2.17. The predicted molar refractivity (Wildman–Crippen MR) is 99.7 cm³/mol. The van der Waals surface area contributed by atoms with Gasteiger partial charge in [0.25, 0.3) is 11.6 Å². The summed E-state index contributed by atoms with van der Waals surface area (Å²) in [5, 5.41) is 15.3. The lowest BCUT2D eigenvalue weighted by atomic mass is 10.1. The van der Waals surface area contributed by atoms with Gasteiger partial charge in [0.15, 0.2) is 10.9 Å². The Kier molecular flexibility index (Phi) is 5.23. The number of nitro groups is 1. The van der Waals surface area contributed by atoms with Crippen LogP contribution in [0.2, 0.25) is 0 Å². The van der Waals surface area contributed by atoms with Crippen molar-refractivity contribution >= 4 is 33.8 Å². The number of Topliss-reactive ketones (excluding diaryl/α,β-unsaturated/α-hetero) is 1. The van der Waals surface area contributed by atoms with Gasteiger partial charge >= 0.3 is 0 Å².